The van der Waals surface area contributed by atoms with E-state index in [1.807, 2.05) is 7.05 Å². The number of aliphatic hydroxyl groups is 1. The van der Waals surface area contributed by atoms with E-state index in [0.29, 0.717) is 51.3 Å². The van der Waals surface area contributed by atoms with Crippen LogP contribution < -0.4 is 10.6 Å². The van der Waals surface area contributed by atoms with Crippen LogP contribution in [0, 0.1) is 11.7 Å². The fourth-order valence-corrected chi connectivity index (χ4v) is 5.71. The molecule has 2 aliphatic rings. The zero-order valence-electron chi connectivity index (χ0n) is 22.0. The summed E-state index contributed by atoms with van der Waals surface area (Å²) in [6.45, 7) is 1.81. The Kier molecular flexibility index (Phi) is 11.8. The number of hydrogen-bond donors (Lipinski definition) is 3. The van der Waals surface area contributed by atoms with E-state index in [2.05, 4.69) is 10.6 Å². The van der Waals surface area contributed by atoms with Crippen molar-refractivity contribution in [3.8, 4) is 0 Å². The molecule has 1 aliphatic heterocycles. The summed E-state index contributed by atoms with van der Waals surface area (Å²) in [7, 11) is 3.45. The average Bonchev–Trinajstić information content (AvgIpc) is 2.89. The Morgan fingerprint density at radius 3 is 2.78 bits per heavy atom. The molecule has 7 nitrogen and oxygen atoms in total. The summed E-state index contributed by atoms with van der Waals surface area (Å²) >= 11 is 6.05. The van der Waals surface area contributed by atoms with Crippen molar-refractivity contribution < 1.29 is 28.2 Å². The Balaban J connectivity index is 1.70. The minimum Gasteiger partial charge on any atom is -0.385 e. The van der Waals surface area contributed by atoms with Crippen LogP contribution in [0.25, 0.3) is 0 Å². The van der Waals surface area contributed by atoms with E-state index >= 15 is 4.39 Å². The van der Waals surface area contributed by atoms with Crippen LogP contribution in [0.1, 0.15) is 56.9 Å². The van der Waals surface area contributed by atoms with Gasteiger partial charge in [0.1, 0.15) is 23.7 Å². The van der Waals surface area contributed by atoms with Gasteiger partial charge in [-0.3, -0.25) is 0 Å². The number of carbonyl (C=O) groups excluding carboxylic acids is 1. The molecule has 1 unspecified atom stereocenters. The zero-order chi connectivity index (χ0) is 26.8. The second kappa shape index (κ2) is 14.6. The first-order valence-corrected chi connectivity index (χ1v) is 13.8. The van der Waals surface area contributed by atoms with E-state index in [0.717, 1.165) is 19.3 Å². The van der Waals surface area contributed by atoms with Gasteiger partial charge in [0.2, 0.25) is 0 Å². The summed E-state index contributed by atoms with van der Waals surface area (Å²) < 4.78 is 39.7. The number of nitrogens with one attached hydrogen (secondary N) is 2. The molecule has 1 heterocycles. The number of rotatable bonds is 12. The van der Waals surface area contributed by atoms with Crippen molar-refractivity contribution in [1.29, 1.82) is 0 Å². The summed E-state index contributed by atoms with van der Waals surface area (Å²) in [5.74, 6) is -0.299. The molecule has 1 aromatic carbocycles. The lowest BCUT2D eigenvalue weighted by Gasteiger charge is -2.43. The summed E-state index contributed by atoms with van der Waals surface area (Å²) in [6.07, 6.45) is 3.56. The maximum absolute atomic E-state index is 15.1. The molecule has 2 fully saturated rings. The van der Waals surface area contributed by atoms with Crippen LogP contribution in [0.2, 0.25) is 5.02 Å². The predicted molar refractivity (Wildman–Crippen MR) is 140 cm³/mol. The molecule has 1 saturated carbocycles. The third kappa shape index (κ3) is 8.23. The molecule has 10 heteroatoms. The van der Waals surface area contributed by atoms with E-state index in [1.165, 1.54) is 12.1 Å². The maximum Gasteiger partial charge on any atom is 0.317 e. The number of urea groups is 1. The number of ether oxygens (including phenoxy) is 2. The highest BCUT2D eigenvalue weighted by Gasteiger charge is 2.44. The van der Waals surface area contributed by atoms with Crippen LogP contribution in [0.3, 0.4) is 0 Å². The lowest BCUT2D eigenvalue weighted by Crippen LogP contribution is -2.58. The molecule has 37 heavy (non-hydrogen) atoms. The molecule has 1 saturated heterocycles. The van der Waals surface area contributed by atoms with Gasteiger partial charge in [-0.2, -0.15) is 0 Å². The number of unbranched alkanes of at least 4 members (excludes halogenated alkanes) is 1. The number of alkyl halides is 1. The molecule has 0 bridgehead atoms. The third-order valence-corrected chi connectivity index (χ3v) is 7.92. The maximum atomic E-state index is 15.1. The third-order valence-electron chi connectivity index (χ3n) is 7.63. The van der Waals surface area contributed by atoms with Gasteiger partial charge in [-0.1, -0.05) is 23.7 Å². The molecule has 1 aliphatic carbocycles. The van der Waals surface area contributed by atoms with Crippen molar-refractivity contribution in [3.05, 3.63) is 34.6 Å². The number of nitrogens with zero attached hydrogens (tertiary/aromatic N) is 1. The van der Waals surface area contributed by atoms with E-state index < -0.39 is 23.7 Å². The zero-order valence-corrected chi connectivity index (χ0v) is 22.7. The van der Waals surface area contributed by atoms with Crippen LogP contribution in [-0.4, -0.2) is 81.4 Å². The van der Waals surface area contributed by atoms with Gasteiger partial charge in [0.15, 0.2) is 0 Å². The van der Waals surface area contributed by atoms with Gasteiger partial charge in [0.05, 0.1) is 18.2 Å². The Morgan fingerprint density at radius 2 is 2.08 bits per heavy atom. The van der Waals surface area contributed by atoms with Crippen molar-refractivity contribution in [2.75, 3.05) is 47.0 Å². The van der Waals surface area contributed by atoms with E-state index in [1.54, 1.807) is 18.1 Å². The van der Waals surface area contributed by atoms with Crippen LogP contribution in [0.5, 0.6) is 0 Å². The Labute approximate surface area is 224 Å². The summed E-state index contributed by atoms with van der Waals surface area (Å²) in [4.78, 5) is 14.9. The van der Waals surface area contributed by atoms with E-state index in [-0.39, 0.29) is 42.2 Å². The summed E-state index contributed by atoms with van der Waals surface area (Å²) in [5.41, 5.74) is -1.60. The van der Waals surface area contributed by atoms with E-state index in [9.17, 15) is 14.3 Å². The topological polar surface area (TPSA) is 83.1 Å². The first-order valence-electron chi connectivity index (χ1n) is 13.4. The molecule has 0 spiro atoms. The van der Waals surface area contributed by atoms with Crippen LogP contribution in [0.15, 0.2) is 18.2 Å². The smallest absolute Gasteiger partial charge is 0.317 e. The summed E-state index contributed by atoms with van der Waals surface area (Å²) in [5, 5.41) is 18.0. The largest absolute Gasteiger partial charge is 0.385 e. The minimum absolute atomic E-state index is 0.0706. The molecular formula is C27H42ClF2N3O4. The number of carbonyl (C=O) groups is 1. The van der Waals surface area contributed by atoms with Crippen molar-refractivity contribution >= 4 is 17.6 Å². The molecule has 3 N–H and O–H groups in total. The molecule has 3 atom stereocenters. The van der Waals surface area contributed by atoms with Gasteiger partial charge in [-0.05, 0) is 70.4 Å². The van der Waals surface area contributed by atoms with Gasteiger partial charge in [-0.25, -0.2) is 13.6 Å². The van der Waals surface area contributed by atoms with Gasteiger partial charge in [0.25, 0.3) is 0 Å². The molecule has 3 rings (SSSR count). The standard InChI is InChI=1S/C27H42ClF2N3O4/c1-31-17-21(16-19-8-10-20(29)11-9-19)32-26(34)33-13-15-37-24(18-33)27(35,12-3-4-14-36-2)22-6-5-7-23(28)25(22)30/h5-7,19-21,24,31,35H,3-4,8-18H2,1-2H3,(H,32,34)/t19?,20?,21-,24?,27+/m0/s1. The number of hydrogen-bond acceptors (Lipinski definition) is 5. The van der Waals surface area contributed by atoms with Gasteiger partial charge < -0.3 is 30.1 Å². The summed E-state index contributed by atoms with van der Waals surface area (Å²) in [6, 6.07) is 4.22. The Hall–Kier alpha value is -1.52. The quantitative estimate of drug-likeness (QED) is 0.339. The SMILES string of the molecule is CNC[C@H](CC1CCC(F)CC1)NC(=O)N1CCOC([C@@](O)(CCCCOC)c2cccc(Cl)c2F)C1. The molecule has 1 aromatic rings. The van der Waals surface area contributed by atoms with Crippen LogP contribution >= 0.6 is 11.6 Å². The highest BCUT2D eigenvalue weighted by Crippen LogP contribution is 2.38. The fraction of sp³-hybridized carbons (Fsp3) is 0.741. The second-order valence-electron chi connectivity index (χ2n) is 10.3. The van der Waals surface area contributed by atoms with Gasteiger partial charge >= 0.3 is 6.03 Å². The number of methoxy groups -OCH3 is 1. The number of halogens is 3. The monoisotopic (exact) mass is 545 g/mol. The van der Waals surface area contributed by atoms with Crippen LogP contribution in [0.4, 0.5) is 13.6 Å². The highest BCUT2D eigenvalue weighted by atomic mass is 35.5. The first kappa shape index (κ1) is 30.0. The Bertz CT molecular complexity index is 859. The fourth-order valence-electron chi connectivity index (χ4n) is 5.54. The number of amides is 2. The van der Waals surface area contributed by atoms with Gasteiger partial charge in [-0.15, -0.1) is 0 Å². The van der Waals surface area contributed by atoms with Crippen LogP contribution in [-0.2, 0) is 15.1 Å². The van der Waals surface area contributed by atoms with Gasteiger partial charge in [0, 0.05) is 38.4 Å². The highest BCUT2D eigenvalue weighted by molar-refractivity contribution is 6.30. The molecule has 0 aromatic heterocycles. The number of benzene rings is 1. The van der Waals surface area contributed by atoms with E-state index in [4.69, 9.17) is 21.1 Å². The number of morpholine rings is 1. The Morgan fingerprint density at radius 1 is 1.32 bits per heavy atom. The minimum atomic E-state index is -1.67. The first-order chi connectivity index (χ1) is 17.8. The molecule has 0 radical (unpaired) electrons. The normalized spacial score (nSPS) is 24.9. The molecular weight excluding hydrogens is 504 g/mol. The van der Waals surface area contributed by atoms with Crippen molar-refractivity contribution in [3.63, 3.8) is 0 Å². The van der Waals surface area contributed by atoms with Crippen molar-refractivity contribution in [2.45, 2.75) is 75.3 Å². The number of likely N-dealkylation sites (N-methyl/N-ethyl adjacent to an activating group) is 1. The molecule has 210 valence electrons. The molecule has 2 amide bonds. The average molecular weight is 546 g/mol. The predicted octanol–water partition coefficient (Wildman–Crippen LogP) is 4.40. The lowest BCUT2D eigenvalue weighted by molar-refractivity contribution is -0.147. The van der Waals surface area contributed by atoms with Crippen molar-refractivity contribution in [1.82, 2.24) is 15.5 Å². The lowest BCUT2D eigenvalue weighted by atomic mass is 9.82. The second-order valence-corrected chi connectivity index (χ2v) is 10.7. The van der Waals surface area contributed by atoms with Crippen molar-refractivity contribution in [2.24, 2.45) is 5.92 Å².